The summed E-state index contributed by atoms with van der Waals surface area (Å²) in [4.78, 5) is 2.20. The van der Waals surface area contributed by atoms with Gasteiger partial charge in [-0.05, 0) is 26.0 Å². The highest BCUT2D eigenvalue weighted by Gasteiger charge is 2.25. The number of nitrogens with zero attached hydrogens (tertiary/aromatic N) is 2. The first-order valence-electron chi connectivity index (χ1n) is 5.80. The highest BCUT2D eigenvalue weighted by Crippen LogP contribution is 2.28. The molecule has 1 heterocycles. The number of nitriles is 1. The molecule has 1 unspecified atom stereocenters. The molecule has 0 aromatic heterocycles. The average Bonchev–Trinajstić information content (AvgIpc) is 2.32. The Bertz CT molecular complexity index is 452. The van der Waals surface area contributed by atoms with E-state index in [0.717, 1.165) is 12.2 Å². The summed E-state index contributed by atoms with van der Waals surface area (Å²) in [5, 5.41) is 9.19. The predicted octanol–water partition coefficient (Wildman–Crippen LogP) is 1.75. The molecule has 1 aliphatic heterocycles. The van der Waals surface area contributed by atoms with Crippen molar-refractivity contribution in [1.29, 1.82) is 5.26 Å². The maximum absolute atomic E-state index is 9.19. The Labute approximate surface area is 102 Å². The van der Waals surface area contributed by atoms with Gasteiger partial charge in [0.2, 0.25) is 0 Å². The Kier molecular flexibility index (Phi) is 3.21. The van der Waals surface area contributed by atoms with Crippen LogP contribution in [0.3, 0.4) is 0 Å². The summed E-state index contributed by atoms with van der Waals surface area (Å²) in [5.74, 6) is 0. The van der Waals surface area contributed by atoms with Gasteiger partial charge in [0.1, 0.15) is 6.07 Å². The van der Waals surface area contributed by atoms with Gasteiger partial charge in [0.15, 0.2) is 0 Å². The van der Waals surface area contributed by atoms with Crippen molar-refractivity contribution in [3.8, 4) is 6.07 Å². The highest BCUT2D eigenvalue weighted by atomic mass is 16.5. The summed E-state index contributed by atoms with van der Waals surface area (Å²) in [6, 6.07) is 8.05. The van der Waals surface area contributed by atoms with Gasteiger partial charge in [-0.25, -0.2) is 0 Å². The molecule has 0 spiro atoms. The van der Waals surface area contributed by atoms with Gasteiger partial charge in [0.25, 0.3) is 0 Å². The van der Waals surface area contributed by atoms with E-state index < -0.39 is 0 Å². The molecule has 4 nitrogen and oxygen atoms in total. The number of morpholine rings is 1. The molecule has 0 bridgehead atoms. The Morgan fingerprint density at radius 1 is 1.47 bits per heavy atom. The van der Waals surface area contributed by atoms with Crippen molar-refractivity contribution in [2.24, 2.45) is 0 Å². The molecule has 0 saturated carbocycles. The monoisotopic (exact) mass is 231 g/mol. The van der Waals surface area contributed by atoms with Crippen LogP contribution in [0.4, 0.5) is 11.4 Å². The van der Waals surface area contributed by atoms with E-state index in [1.54, 1.807) is 6.07 Å². The minimum Gasteiger partial charge on any atom is -0.398 e. The van der Waals surface area contributed by atoms with E-state index in [-0.39, 0.29) is 12.1 Å². The molecule has 0 aliphatic carbocycles. The number of hydrogen-bond acceptors (Lipinski definition) is 4. The lowest BCUT2D eigenvalue weighted by Crippen LogP contribution is -2.47. The van der Waals surface area contributed by atoms with Crippen molar-refractivity contribution in [3.63, 3.8) is 0 Å². The lowest BCUT2D eigenvalue weighted by molar-refractivity contribution is 0.0343. The molecule has 1 saturated heterocycles. The van der Waals surface area contributed by atoms with Gasteiger partial charge in [-0.3, -0.25) is 0 Å². The molecule has 1 fully saturated rings. The quantitative estimate of drug-likeness (QED) is 0.748. The topological polar surface area (TPSA) is 62.3 Å². The highest BCUT2D eigenvalue weighted by molar-refractivity contribution is 5.70. The van der Waals surface area contributed by atoms with E-state index in [0.29, 0.717) is 17.9 Å². The minimum atomic E-state index is 0.180. The maximum Gasteiger partial charge on any atom is 0.104 e. The van der Waals surface area contributed by atoms with Crippen LogP contribution in [-0.2, 0) is 4.74 Å². The molecule has 2 rings (SSSR count). The van der Waals surface area contributed by atoms with Crippen molar-refractivity contribution in [2.45, 2.75) is 26.0 Å². The van der Waals surface area contributed by atoms with E-state index >= 15 is 0 Å². The van der Waals surface area contributed by atoms with E-state index in [1.165, 1.54) is 0 Å². The van der Waals surface area contributed by atoms with Crippen LogP contribution in [0.5, 0.6) is 0 Å². The first-order valence-corrected chi connectivity index (χ1v) is 5.80. The number of rotatable bonds is 1. The molecule has 1 aromatic carbocycles. The Morgan fingerprint density at radius 2 is 2.24 bits per heavy atom. The first kappa shape index (κ1) is 11.7. The molecule has 90 valence electrons. The van der Waals surface area contributed by atoms with Gasteiger partial charge in [-0.2, -0.15) is 5.26 Å². The van der Waals surface area contributed by atoms with E-state index in [2.05, 4.69) is 17.9 Å². The second kappa shape index (κ2) is 4.64. The number of anilines is 2. The third-order valence-corrected chi connectivity index (χ3v) is 3.10. The summed E-state index contributed by atoms with van der Waals surface area (Å²) in [5.41, 5.74) is 7.85. The van der Waals surface area contributed by atoms with Crippen molar-refractivity contribution < 1.29 is 4.74 Å². The van der Waals surface area contributed by atoms with Crippen LogP contribution in [0.15, 0.2) is 18.2 Å². The van der Waals surface area contributed by atoms with Crippen LogP contribution in [0.2, 0.25) is 0 Å². The molecular weight excluding hydrogens is 214 g/mol. The molecule has 2 atom stereocenters. The lowest BCUT2D eigenvalue weighted by atomic mass is 10.1. The summed E-state index contributed by atoms with van der Waals surface area (Å²) < 4.78 is 5.59. The lowest BCUT2D eigenvalue weighted by Gasteiger charge is -2.39. The van der Waals surface area contributed by atoms with Gasteiger partial charge < -0.3 is 15.4 Å². The van der Waals surface area contributed by atoms with Gasteiger partial charge in [0.05, 0.1) is 29.6 Å². The third-order valence-electron chi connectivity index (χ3n) is 3.10. The van der Waals surface area contributed by atoms with Crippen molar-refractivity contribution >= 4 is 11.4 Å². The van der Waals surface area contributed by atoms with Crippen molar-refractivity contribution in [1.82, 2.24) is 0 Å². The summed E-state index contributed by atoms with van der Waals surface area (Å²) in [6.07, 6.45) is 0.180. The number of ether oxygens (including phenoxy) is 1. The summed E-state index contributed by atoms with van der Waals surface area (Å²) in [7, 11) is 0. The SMILES string of the molecule is CC1CO[C@H](C)CN1c1cccc(N)c1C#N. The van der Waals surface area contributed by atoms with E-state index in [1.807, 2.05) is 19.1 Å². The fourth-order valence-electron chi connectivity index (χ4n) is 2.16. The summed E-state index contributed by atoms with van der Waals surface area (Å²) in [6.45, 7) is 5.60. The van der Waals surface area contributed by atoms with Gasteiger partial charge in [0, 0.05) is 12.6 Å². The smallest absolute Gasteiger partial charge is 0.104 e. The Hall–Kier alpha value is -1.73. The van der Waals surface area contributed by atoms with Gasteiger partial charge >= 0.3 is 0 Å². The maximum atomic E-state index is 9.19. The molecule has 2 N–H and O–H groups in total. The van der Waals surface area contributed by atoms with Crippen molar-refractivity contribution in [3.05, 3.63) is 23.8 Å². The predicted molar refractivity (Wildman–Crippen MR) is 67.8 cm³/mol. The molecule has 1 aromatic rings. The zero-order chi connectivity index (χ0) is 12.4. The summed E-state index contributed by atoms with van der Waals surface area (Å²) >= 11 is 0. The van der Waals surface area contributed by atoms with Crippen LogP contribution in [0.25, 0.3) is 0 Å². The Morgan fingerprint density at radius 3 is 2.94 bits per heavy atom. The molecule has 0 radical (unpaired) electrons. The largest absolute Gasteiger partial charge is 0.398 e. The van der Waals surface area contributed by atoms with E-state index in [4.69, 9.17) is 10.5 Å². The fraction of sp³-hybridized carbons (Fsp3) is 0.462. The molecule has 4 heteroatoms. The van der Waals surface area contributed by atoms with Crippen LogP contribution in [0.1, 0.15) is 19.4 Å². The minimum absolute atomic E-state index is 0.180. The number of benzene rings is 1. The number of nitrogens with two attached hydrogens (primary N) is 1. The first-order chi connectivity index (χ1) is 8.13. The van der Waals surface area contributed by atoms with Gasteiger partial charge in [-0.1, -0.05) is 6.07 Å². The standard InChI is InChI=1S/C13H17N3O/c1-9-8-17-10(2)7-16(9)13-5-3-4-12(15)11(13)6-14/h3-5,9-10H,7-8,15H2,1-2H3/t9?,10-/m1/s1. The normalized spacial score (nSPS) is 24.4. The number of hydrogen-bond donors (Lipinski definition) is 1. The second-order valence-corrected chi connectivity index (χ2v) is 4.50. The Balaban J connectivity index is 2.39. The zero-order valence-electron chi connectivity index (χ0n) is 10.2. The fourth-order valence-corrected chi connectivity index (χ4v) is 2.16. The molecule has 17 heavy (non-hydrogen) atoms. The second-order valence-electron chi connectivity index (χ2n) is 4.50. The third kappa shape index (κ3) is 2.20. The molecule has 1 aliphatic rings. The molecular formula is C13H17N3O. The van der Waals surface area contributed by atoms with Crippen molar-refractivity contribution in [2.75, 3.05) is 23.8 Å². The van der Waals surface area contributed by atoms with E-state index in [9.17, 15) is 5.26 Å². The average molecular weight is 231 g/mol. The van der Waals surface area contributed by atoms with Gasteiger partial charge in [-0.15, -0.1) is 0 Å². The van der Waals surface area contributed by atoms with Crippen LogP contribution in [-0.4, -0.2) is 25.3 Å². The number of nitrogen functional groups attached to an aromatic ring is 1. The van der Waals surface area contributed by atoms with Crippen LogP contribution in [0, 0.1) is 11.3 Å². The van der Waals surface area contributed by atoms with Crippen LogP contribution >= 0.6 is 0 Å². The van der Waals surface area contributed by atoms with Crippen LogP contribution < -0.4 is 10.6 Å². The molecule has 0 amide bonds. The zero-order valence-corrected chi connectivity index (χ0v) is 10.2.